The molecule has 0 bridgehead atoms. The Balaban J connectivity index is 2.40. The highest BCUT2D eigenvalue weighted by Crippen LogP contribution is 2.27. The predicted molar refractivity (Wildman–Crippen MR) is 79.9 cm³/mol. The Morgan fingerprint density at radius 2 is 2.05 bits per heavy atom. The SMILES string of the molecule is Cc1cccc(C)c1N(Cc1nccs1)C(=O)CCl. The number of hydrogen-bond donors (Lipinski definition) is 0. The molecule has 0 N–H and O–H groups in total. The molecule has 19 heavy (non-hydrogen) atoms. The van der Waals surface area contributed by atoms with Gasteiger partial charge in [0.25, 0.3) is 0 Å². The van der Waals surface area contributed by atoms with E-state index in [9.17, 15) is 4.79 Å². The molecule has 1 aromatic heterocycles. The van der Waals surface area contributed by atoms with E-state index in [1.165, 1.54) is 11.3 Å². The third-order valence-electron chi connectivity index (χ3n) is 2.90. The molecule has 2 rings (SSSR count). The summed E-state index contributed by atoms with van der Waals surface area (Å²) in [4.78, 5) is 18.1. The fourth-order valence-electron chi connectivity index (χ4n) is 2.06. The van der Waals surface area contributed by atoms with Crippen LogP contribution in [-0.2, 0) is 11.3 Å². The van der Waals surface area contributed by atoms with Crippen LogP contribution in [0.2, 0.25) is 0 Å². The molecule has 0 unspecified atom stereocenters. The third-order valence-corrected chi connectivity index (χ3v) is 3.89. The van der Waals surface area contributed by atoms with Gasteiger partial charge in [0, 0.05) is 17.3 Å². The smallest absolute Gasteiger partial charge is 0.242 e. The number of aromatic nitrogens is 1. The van der Waals surface area contributed by atoms with E-state index in [1.807, 2.05) is 37.4 Å². The molecule has 100 valence electrons. The van der Waals surface area contributed by atoms with Crippen LogP contribution in [0.4, 0.5) is 5.69 Å². The number of carbonyl (C=O) groups is 1. The van der Waals surface area contributed by atoms with Crippen LogP contribution < -0.4 is 4.90 Å². The minimum atomic E-state index is -0.103. The normalized spacial score (nSPS) is 10.5. The van der Waals surface area contributed by atoms with Crippen LogP contribution in [0.25, 0.3) is 0 Å². The van der Waals surface area contributed by atoms with Crippen molar-refractivity contribution in [1.29, 1.82) is 0 Å². The molecule has 1 aromatic carbocycles. The van der Waals surface area contributed by atoms with Gasteiger partial charge >= 0.3 is 0 Å². The Hall–Kier alpha value is -1.39. The lowest BCUT2D eigenvalue weighted by molar-refractivity contribution is -0.116. The molecule has 0 atom stereocenters. The van der Waals surface area contributed by atoms with Crippen molar-refractivity contribution < 1.29 is 4.79 Å². The van der Waals surface area contributed by atoms with Gasteiger partial charge in [0.2, 0.25) is 5.91 Å². The number of benzene rings is 1. The van der Waals surface area contributed by atoms with Crippen molar-refractivity contribution >= 4 is 34.5 Å². The zero-order chi connectivity index (χ0) is 13.8. The molecular weight excluding hydrogens is 280 g/mol. The summed E-state index contributed by atoms with van der Waals surface area (Å²) in [5, 5.41) is 2.81. The summed E-state index contributed by atoms with van der Waals surface area (Å²) in [6.07, 6.45) is 1.74. The van der Waals surface area contributed by atoms with Gasteiger partial charge in [0.05, 0.1) is 6.54 Å². The van der Waals surface area contributed by atoms with E-state index in [4.69, 9.17) is 11.6 Å². The third kappa shape index (κ3) is 3.14. The fraction of sp³-hybridized carbons (Fsp3) is 0.286. The van der Waals surface area contributed by atoms with Crippen LogP contribution in [-0.4, -0.2) is 16.8 Å². The van der Waals surface area contributed by atoms with E-state index in [0.29, 0.717) is 6.54 Å². The number of alkyl halides is 1. The van der Waals surface area contributed by atoms with Gasteiger partial charge in [-0.05, 0) is 25.0 Å². The van der Waals surface area contributed by atoms with E-state index in [1.54, 1.807) is 11.1 Å². The number of thiazole rings is 1. The average molecular weight is 295 g/mol. The standard InChI is InChI=1S/C14H15ClN2OS/c1-10-4-3-5-11(2)14(10)17(13(18)8-15)9-12-16-6-7-19-12/h3-7H,8-9H2,1-2H3. The van der Waals surface area contributed by atoms with Crippen molar-refractivity contribution in [3.63, 3.8) is 0 Å². The highest BCUT2D eigenvalue weighted by Gasteiger charge is 2.19. The maximum absolute atomic E-state index is 12.1. The number of aryl methyl sites for hydroxylation is 2. The van der Waals surface area contributed by atoms with Crippen LogP contribution in [0, 0.1) is 13.8 Å². The molecule has 0 radical (unpaired) electrons. The highest BCUT2D eigenvalue weighted by atomic mass is 35.5. The number of para-hydroxylation sites is 1. The zero-order valence-corrected chi connectivity index (χ0v) is 12.5. The molecule has 0 aliphatic heterocycles. The van der Waals surface area contributed by atoms with Crippen molar-refractivity contribution in [2.45, 2.75) is 20.4 Å². The number of nitrogens with zero attached hydrogens (tertiary/aromatic N) is 2. The van der Waals surface area contributed by atoms with E-state index in [2.05, 4.69) is 4.98 Å². The number of rotatable bonds is 4. The summed E-state index contributed by atoms with van der Waals surface area (Å²) in [5.74, 6) is -0.131. The van der Waals surface area contributed by atoms with E-state index in [-0.39, 0.29) is 11.8 Å². The number of hydrogen-bond acceptors (Lipinski definition) is 3. The lowest BCUT2D eigenvalue weighted by atomic mass is 10.1. The molecule has 1 amide bonds. The lowest BCUT2D eigenvalue weighted by Gasteiger charge is -2.24. The van der Waals surface area contributed by atoms with Gasteiger partial charge in [-0.25, -0.2) is 4.98 Å². The first kappa shape index (κ1) is 14.0. The maximum atomic E-state index is 12.1. The first-order chi connectivity index (χ1) is 9.13. The van der Waals surface area contributed by atoms with Crippen LogP contribution in [0.15, 0.2) is 29.8 Å². The molecule has 0 spiro atoms. The number of carbonyl (C=O) groups excluding carboxylic acids is 1. The van der Waals surface area contributed by atoms with Gasteiger partial charge in [0.15, 0.2) is 0 Å². The fourth-order valence-corrected chi connectivity index (χ4v) is 2.81. The first-order valence-electron chi connectivity index (χ1n) is 5.94. The minimum Gasteiger partial charge on any atom is -0.304 e. The van der Waals surface area contributed by atoms with Crippen molar-refractivity contribution in [3.8, 4) is 0 Å². The van der Waals surface area contributed by atoms with Gasteiger partial charge < -0.3 is 4.90 Å². The Labute approximate surface area is 121 Å². The van der Waals surface area contributed by atoms with E-state index >= 15 is 0 Å². The summed E-state index contributed by atoms with van der Waals surface area (Å²) in [7, 11) is 0. The van der Waals surface area contributed by atoms with E-state index in [0.717, 1.165) is 21.8 Å². The molecule has 2 aromatic rings. The van der Waals surface area contributed by atoms with Crippen LogP contribution >= 0.6 is 22.9 Å². The topological polar surface area (TPSA) is 33.2 Å². The largest absolute Gasteiger partial charge is 0.304 e. The van der Waals surface area contributed by atoms with Crippen molar-refractivity contribution in [2.24, 2.45) is 0 Å². The molecule has 5 heteroatoms. The molecule has 1 heterocycles. The number of amides is 1. The van der Waals surface area contributed by atoms with Gasteiger partial charge in [0.1, 0.15) is 10.9 Å². The molecular formula is C14H15ClN2OS. The Morgan fingerprint density at radius 1 is 1.37 bits per heavy atom. The summed E-state index contributed by atoms with van der Waals surface area (Å²) >= 11 is 7.27. The van der Waals surface area contributed by atoms with Crippen molar-refractivity contribution in [1.82, 2.24) is 4.98 Å². The second kappa shape index (κ2) is 6.17. The van der Waals surface area contributed by atoms with Crippen LogP contribution in [0.3, 0.4) is 0 Å². The molecule has 0 saturated heterocycles. The monoisotopic (exact) mass is 294 g/mol. The Morgan fingerprint density at radius 3 is 2.58 bits per heavy atom. The summed E-state index contributed by atoms with van der Waals surface area (Å²) in [6, 6.07) is 5.98. The summed E-state index contributed by atoms with van der Waals surface area (Å²) in [6.45, 7) is 4.46. The first-order valence-corrected chi connectivity index (χ1v) is 7.36. The second-order valence-electron chi connectivity index (χ2n) is 4.28. The van der Waals surface area contributed by atoms with Gasteiger partial charge in [-0.2, -0.15) is 0 Å². The minimum absolute atomic E-state index is 0.0286. The highest BCUT2D eigenvalue weighted by molar-refractivity contribution is 7.09. The average Bonchev–Trinajstić information content (AvgIpc) is 2.89. The maximum Gasteiger partial charge on any atom is 0.242 e. The summed E-state index contributed by atoms with van der Waals surface area (Å²) in [5.41, 5.74) is 3.06. The summed E-state index contributed by atoms with van der Waals surface area (Å²) < 4.78 is 0. The second-order valence-corrected chi connectivity index (χ2v) is 5.53. The molecule has 3 nitrogen and oxygen atoms in total. The Bertz CT molecular complexity index is 549. The number of anilines is 1. The van der Waals surface area contributed by atoms with Crippen LogP contribution in [0.1, 0.15) is 16.1 Å². The van der Waals surface area contributed by atoms with Crippen LogP contribution in [0.5, 0.6) is 0 Å². The lowest BCUT2D eigenvalue weighted by Crippen LogP contribution is -2.32. The predicted octanol–water partition coefficient (Wildman–Crippen LogP) is 3.53. The van der Waals surface area contributed by atoms with E-state index < -0.39 is 0 Å². The van der Waals surface area contributed by atoms with Gasteiger partial charge in [-0.15, -0.1) is 22.9 Å². The zero-order valence-electron chi connectivity index (χ0n) is 10.9. The van der Waals surface area contributed by atoms with Crippen molar-refractivity contribution in [2.75, 3.05) is 10.8 Å². The molecule has 0 aliphatic carbocycles. The van der Waals surface area contributed by atoms with Gasteiger partial charge in [-0.3, -0.25) is 4.79 Å². The molecule has 0 fully saturated rings. The Kier molecular flexibility index (Phi) is 4.56. The quantitative estimate of drug-likeness (QED) is 0.808. The number of halogens is 1. The van der Waals surface area contributed by atoms with Gasteiger partial charge in [-0.1, -0.05) is 18.2 Å². The van der Waals surface area contributed by atoms with Crippen molar-refractivity contribution in [3.05, 3.63) is 45.9 Å². The molecule has 0 saturated carbocycles. The molecule has 0 aliphatic rings.